The number of carbonyl (C=O) groups is 2. The maximum Gasteiger partial charge on any atom is 0.342 e. The molecule has 156 valence electrons. The van der Waals surface area contributed by atoms with Crippen LogP contribution in [0.15, 0.2) is 35.1 Å². The van der Waals surface area contributed by atoms with Gasteiger partial charge in [0.2, 0.25) is 0 Å². The van der Waals surface area contributed by atoms with Gasteiger partial charge in [-0.2, -0.15) is 9.61 Å². The van der Waals surface area contributed by atoms with Crippen molar-refractivity contribution in [3.8, 4) is 11.3 Å². The minimum Gasteiger partial charge on any atom is -0.477 e. The number of rotatable bonds is 4. The van der Waals surface area contributed by atoms with Crippen molar-refractivity contribution >= 4 is 17.5 Å². The summed E-state index contributed by atoms with van der Waals surface area (Å²) in [4.78, 5) is 41.1. The number of carbonyl (C=O) groups excluding carboxylic acids is 1. The van der Waals surface area contributed by atoms with Crippen molar-refractivity contribution in [1.29, 1.82) is 0 Å². The molecule has 30 heavy (non-hydrogen) atoms. The number of fused-ring (bicyclic) bond motifs is 1. The molecule has 0 saturated heterocycles. The Bertz CT molecular complexity index is 1170. The number of carboxylic acid groups (broad SMARTS) is 1. The van der Waals surface area contributed by atoms with Crippen molar-refractivity contribution in [2.24, 2.45) is 0 Å². The highest BCUT2D eigenvalue weighted by Crippen LogP contribution is 2.33. The van der Waals surface area contributed by atoms with Crippen LogP contribution in [0.3, 0.4) is 0 Å². The second kappa shape index (κ2) is 7.78. The molecule has 8 nitrogen and oxygen atoms in total. The van der Waals surface area contributed by atoms with Gasteiger partial charge in [0.1, 0.15) is 5.56 Å². The highest BCUT2D eigenvalue weighted by atomic mass is 16.4. The van der Waals surface area contributed by atoms with Gasteiger partial charge in [0.15, 0.2) is 11.3 Å². The number of H-pyrrole nitrogens is 1. The maximum absolute atomic E-state index is 12.6. The number of nitrogens with zero attached hydrogens (tertiary/aromatic N) is 3. The summed E-state index contributed by atoms with van der Waals surface area (Å²) in [6, 6.07) is 9.39. The minimum absolute atomic E-state index is 0.00782. The first kappa shape index (κ1) is 19.9. The molecule has 1 amide bonds. The van der Waals surface area contributed by atoms with Crippen LogP contribution in [0.25, 0.3) is 16.9 Å². The first-order valence-electron chi connectivity index (χ1n) is 10.1. The second-order valence-electron chi connectivity index (χ2n) is 7.97. The third-order valence-corrected chi connectivity index (χ3v) is 5.74. The Morgan fingerprint density at radius 1 is 1.13 bits per heavy atom. The predicted molar refractivity (Wildman–Crippen MR) is 112 cm³/mol. The number of carboxylic acids is 1. The number of nitrogens with one attached hydrogen (secondary N) is 1. The predicted octanol–water partition coefficient (Wildman–Crippen LogP) is 3.14. The van der Waals surface area contributed by atoms with Crippen LogP contribution in [0.5, 0.6) is 0 Å². The van der Waals surface area contributed by atoms with Gasteiger partial charge >= 0.3 is 5.97 Å². The fourth-order valence-corrected chi connectivity index (χ4v) is 4.13. The van der Waals surface area contributed by atoms with E-state index in [1.165, 1.54) is 62.7 Å². The van der Waals surface area contributed by atoms with Gasteiger partial charge in [0, 0.05) is 20.2 Å². The van der Waals surface area contributed by atoms with Crippen molar-refractivity contribution in [2.45, 2.75) is 38.0 Å². The summed E-state index contributed by atoms with van der Waals surface area (Å²) in [5.41, 5.74) is 1.44. The Hall–Kier alpha value is -3.42. The maximum atomic E-state index is 12.6. The Morgan fingerprint density at radius 3 is 2.40 bits per heavy atom. The number of aromatic carboxylic acids is 1. The average molecular weight is 408 g/mol. The largest absolute Gasteiger partial charge is 0.477 e. The Labute approximate surface area is 173 Å². The molecule has 0 spiro atoms. The van der Waals surface area contributed by atoms with Crippen LogP contribution in [0.1, 0.15) is 64.4 Å². The Morgan fingerprint density at radius 2 is 1.80 bits per heavy atom. The van der Waals surface area contributed by atoms with E-state index < -0.39 is 17.4 Å². The van der Waals surface area contributed by atoms with Crippen molar-refractivity contribution in [2.75, 3.05) is 14.1 Å². The van der Waals surface area contributed by atoms with E-state index in [-0.39, 0.29) is 16.9 Å². The molecule has 8 heteroatoms. The molecule has 0 atom stereocenters. The average Bonchev–Trinajstić information content (AvgIpc) is 3.14. The van der Waals surface area contributed by atoms with Gasteiger partial charge in [0.05, 0.1) is 5.69 Å². The van der Waals surface area contributed by atoms with Crippen molar-refractivity contribution in [3.05, 3.63) is 57.5 Å². The minimum atomic E-state index is -1.32. The SMILES string of the molecule is CN(C)C(=O)c1nn2c(=O)cc(-c3ccc(C4CCCCC4)cc3)[nH]c2c1C(=O)O. The zero-order chi connectivity index (χ0) is 21.4. The molecule has 2 N–H and O–H groups in total. The molecule has 1 fully saturated rings. The van der Waals surface area contributed by atoms with Crippen molar-refractivity contribution in [3.63, 3.8) is 0 Å². The van der Waals surface area contributed by atoms with Crippen LogP contribution in [0.4, 0.5) is 0 Å². The monoisotopic (exact) mass is 408 g/mol. The van der Waals surface area contributed by atoms with Crippen LogP contribution in [-0.4, -0.2) is 50.6 Å². The number of amides is 1. The second-order valence-corrected chi connectivity index (χ2v) is 7.97. The van der Waals surface area contributed by atoms with Crippen molar-refractivity contribution < 1.29 is 14.7 Å². The van der Waals surface area contributed by atoms with Gasteiger partial charge in [-0.3, -0.25) is 9.59 Å². The lowest BCUT2D eigenvalue weighted by Gasteiger charge is -2.22. The van der Waals surface area contributed by atoms with E-state index in [2.05, 4.69) is 22.2 Å². The summed E-state index contributed by atoms with van der Waals surface area (Å²) < 4.78 is 0.931. The number of aromatic amines is 1. The van der Waals surface area contributed by atoms with Gasteiger partial charge < -0.3 is 15.0 Å². The number of aromatic nitrogens is 3. The van der Waals surface area contributed by atoms with Crippen LogP contribution in [0.2, 0.25) is 0 Å². The van der Waals surface area contributed by atoms with Crippen LogP contribution in [-0.2, 0) is 0 Å². The van der Waals surface area contributed by atoms with Gasteiger partial charge in [-0.1, -0.05) is 43.5 Å². The van der Waals surface area contributed by atoms with Crippen molar-refractivity contribution in [1.82, 2.24) is 19.5 Å². The summed E-state index contributed by atoms with van der Waals surface area (Å²) in [6.45, 7) is 0. The summed E-state index contributed by atoms with van der Waals surface area (Å²) in [5, 5.41) is 13.6. The molecule has 2 heterocycles. The summed E-state index contributed by atoms with van der Waals surface area (Å²) in [6.07, 6.45) is 6.20. The summed E-state index contributed by atoms with van der Waals surface area (Å²) in [5.74, 6) is -1.33. The Kier molecular flexibility index (Phi) is 5.15. The highest BCUT2D eigenvalue weighted by Gasteiger charge is 2.27. The van der Waals surface area contributed by atoms with E-state index in [1.807, 2.05) is 12.1 Å². The fourth-order valence-electron chi connectivity index (χ4n) is 4.13. The number of hydrogen-bond donors (Lipinski definition) is 2. The lowest BCUT2D eigenvalue weighted by Crippen LogP contribution is -2.24. The molecule has 0 aliphatic heterocycles. The summed E-state index contributed by atoms with van der Waals surface area (Å²) >= 11 is 0. The molecule has 0 unspecified atom stereocenters. The quantitative estimate of drug-likeness (QED) is 0.690. The third-order valence-electron chi connectivity index (χ3n) is 5.74. The van der Waals surface area contributed by atoms with E-state index in [4.69, 9.17) is 0 Å². The fraction of sp³-hybridized carbons (Fsp3) is 0.364. The third kappa shape index (κ3) is 3.49. The Balaban J connectivity index is 1.79. The molecular weight excluding hydrogens is 384 g/mol. The van der Waals surface area contributed by atoms with Crippen LogP contribution in [0, 0.1) is 0 Å². The van der Waals surface area contributed by atoms with E-state index in [1.54, 1.807) is 0 Å². The molecule has 0 radical (unpaired) electrons. The molecule has 1 aromatic carbocycles. The molecular formula is C22H24N4O4. The molecule has 1 aliphatic carbocycles. The first-order chi connectivity index (χ1) is 14.4. The standard InChI is InChI=1S/C22H24N4O4/c1-25(2)21(28)19-18(22(29)30)20-23-16(12-17(27)26(20)24-19)15-10-8-14(9-11-15)13-6-4-3-5-7-13/h8-13,23H,3-7H2,1-2H3,(H,29,30). The lowest BCUT2D eigenvalue weighted by atomic mass is 9.84. The topological polar surface area (TPSA) is 108 Å². The van der Waals surface area contributed by atoms with Gasteiger partial charge in [0.25, 0.3) is 11.5 Å². The molecule has 4 rings (SSSR count). The van der Waals surface area contributed by atoms with Crippen LogP contribution >= 0.6 is 0 Å². The zero-order valence-corrected chi connectivity index (χ0v) is 17.0. The number of benzene rings is 1. The molecule has 1 saturated carbocycles. The zero-order valence-electron chi connectivity index (χ0n) is 17.0. The molecule has 0 bridgehead atoms. The smallest absolute Gasteiger partial charge is 0.342 e. The molecule has 2 aromatic heterocycles. The van der Waals surface area contributed by atoms with Gasteiger partial charge in [-0.15, -0.1) is 0 Å². The normalized spacial score (nSPS) is 14.7. The van der Waals surface area contributed by atoms with Gasteiger partial charge in [-0.05, 0) is 29.9 Å². The van der Waals surface area contributed by atoms with Gasteiger partial charge in [-0.25, -0.2) is 4.79 Å². The first-order valence-corrected chi connectivity index (χ1v) is 10.1. The van der Waals surface area contributed by atoms with Crippen LogP contribution < -0.4 is 5.56 Å². The van der Waals surface area contributed by atoms with E-state index in [9.17, 15) is 19.5 Å². The highest BCUT2D eigenvalue weighted by molar-refractivity contribution is 6.07. The molecule has 3 aromatic rings. The number of hydrogen-bond acceptors (Lipinski definition) is 4. The van der Waals surface area contributed by atoms with E-state index in [0.717, 1.165) is 10.1 Å². The lowest BCUT2D eigenvalue weighted by molar-refractivity contribution is 0.0686. The molecule has 1 aliphatic rings. The summed E-state index contributed by atoms with van der Waals surface area (Å²) in [7, 11) is 3.00. The van der Waals surface area contributed by atoms with E-state index in [0.29, 0.717) is 11.6 Å². The van der Waals surface area contributed by atoms with E-state index >= 15 is 0 Å².